The van der Waals surface area contributed by atoms with Crippen LogP contribution in [0, 0.1) is 17.8 Å². The Morgan fingerprint density at radius 1 is 1.17 bits per heavy atom. The van der Waals surface area contributed by atoms with Gasteiger partial charge in [0.25, 0.3) is 0 Å². The predicted molar refractivity (Wildman–Crippen MR) is 138 cm³/mol. The smallest absolute Gasteiger partial charge is 0.212 e. The van der Waals surface area contributed by atoms with E-state index in [-0.39, 0.29) is 29.3 Å². The maximum Gasteiger partial charge on any atom is 0.212 e. The quantitative estimate of drug-likeness (QED) is 0.609. The van der Waals surface area contributed by atoms with Crippen LogP contribution in [0.4, 0.5) is 0 Å². The molecule has 3 atom stereocenters. The fourth-order valence-corrected chi connectivity index (χ4v) is 6.91. The van der Waals surface area contributed by atoms with Gasteiger partial charge in [-0.15, -0.1) is 0 Å². The van der Waals surface area contributed by atoms with E-state index in [1.807, 2.05) is 37.5 Å². The van der Waals surface area contributed by atoms with Gasteiger partial charge < -0.3 is 4.74 Å². The molecule has 2 heterocycles. The summed E-state index contributed by atoms with van der Waals surface area (Å²) in [7, 11) is 0.0372. The number of nitrogens with one attached hydrogen (secondary N) is 1. The average molecular weight is 509 g/mol. The van der Waals surface area contributed by atoms with Crippen LogP contribution in [0.25, 0.3) is 17.2 Å². The molecule has 0 aliphatic heterocycles. The van der Waals surface area contributed by atoms with Crippen molar-refractivity contribution in [3.63, 3.8) is 0 Å². The number of carbonyl (C=O) groups is 1. The van der Waals surface area contributed by atoms with E-state index in [0.717, 1.165) is 48.1 Å². The van der Waals surface area contributed by atoms with Crippen molar-refractivity contribution in [1.29, 1.82) is 0 Å². The van der Waals surface area contributed by atoms with Gasteiger partial charge in [-0.3, -0.25) is 14.5 Å². The highest BCUT2D eigenvalue weighted by Gasteiger charge is 2.38. The van der Waals surface area contributed by atoms with Crippen molar-refractivity contribution in [2.45, 2.75) is 32.1 Å². The highest BCUT2D eigenvalue weighted by atomic mass is 32.2. The summed E-state index contributed by atoms with van der Waals surface area (Å²) in [5.74, 6) is 0.819. The third-order valence-corrected chi connectivity index (χ3v) is 9.00. The number of nitrogens with zero attached hydrogens (tertiary/aromatic N) is 3. The second kappa shape index (κ2) is 10.1. The van der Waals surface area contributed by atoms with Crippen molar-refractivity contribution >= 4 is 21.9 Å². The molecule has 3 aliphatic carbocycles. The van der Waals surface area contributed by atoms with E-state index < -0.39 is 10.0 Å². The number of methoxy groups -OCH3 is 1. The van der Waals surface area contributed by atoms with Crippen LogP contribution in [0.2, 0.25) is 0 Å². The molecule has 2 aromatic rings. The van der Waals surface area contributed by atoms with E-state index in [4.69, 9.17) is 4.74 Å². The number of hydrogen-bond donors (Lipinski definition) is 1. The second-order valence-corrected chi connectivity index (χ2v) is 11.8. The number of fused-ring (bicyclic) bond motifs is 2. The molecule has 3 aliphatic rings. The summed E-state index contributed by atoms with van der Waals surface area (Å²) in [6.07, 6.45) is 17.0. The van der Waals surface area contributed by atoms with Gasteiger partial charge in [0.05, 0.1) is 30.5 Å². The Morgan fingerprint density at radius 2 is 2.03 bits per heavy atom. The van der Waals surface area contributed by atoms with Gasteiger partial charge in [0.1, 0.15) is 0 Å². The van der Waals surface area contributed by atoms with Crippen LogP contribution in [-0.2, 0) is 21.8 Å². The second-order valence-electron chi connectivity index (χ2n) is 10.00. The molecule has 9 heteroatoms. The maximum atomic E-state index is 13.7. The first-order valence-electron chi connectivity index (χ1n) is 12.4. The van der Waals surface area contributed by atoms with Crippen LogP contribution in [-0.4, -0.2) is 48.4 Å². The zero-order valence-corrected chi connectivity index (χ0v) is 21.5. The third-order valence-electron chi connectivity index (χ3n) is 7.51. The van der Waals surface area contributed by atoms with Gasteiger partial charge in [0.15, 0.2) is 5.78 Å². The van der Waals surface area contributed by atoms with Crippen molar-refractivity contribution < 1.29 is 17.9 Å². The molecule has 2 aromatic heterocycles. The Bertz CT molecular complexity index is 1360. The molecule has 0 aromatic carbocycles. The molecule has 190 valence electrons. The average Bonchev–Trinajstić information content (AvgIpc) is 3.27. The van der Waals surface area contributed by atoms with Crippen LogP contribution in [0.15, 0.2) is 54.2 Å². The lowest BCUT2D eigenvalue weighted by Crippen LogP contribution is -2.36. The summed E-state index contributed by atoms with van der Waals surface area (Å²) in [4.78, 5) is 18.2. The number of aromatic nitrogens is 3. The summed E-state index contributed by atoms with van der Waals surface area (Å²) in [5, 5.41) is 4.22. The predicted octanol–water partition coefficient (Wildman–Crippen LogP) is 3.89. The number of pyridine rings is 1. The molecule has 1 fully saturated rings. The molecule has 0 saturated heterocycles. The lowest BCUT2D eigenvalue weighted by Gasteiger charge is -2.33. The molecule has 0 bridgehead atoms. The summed E-state index contributed by atoms with van der Waals surface area (Å²) in [6.45, 7) is 0.312. The molecule has 5 rings (SSSR count). The van der Waals surface area contributed by atoms with Crippen molar-refractivity contribution in [2.24, 2.45) is 24.8 Å². The first-order valence-corrected chi connectivity index (χ1v) is 14.1. The molecule has 36 heavy (non-hydrogen) atoms. The summed E-state index contributed by atoms with van der Waals surface area (Å²) in [5.41, 5.74) is 4.09. The molecule has 0 amide bonds. The Morgan fingerprint density at radius 3 is 2.75 bits per heavy atom. The minimum absolute atomic E-state index is 0.0421. The van der Waals surface area contributed by atoms with Gasteiger partial charge in [-0.2, -0.15) is 5.10 Å². The number of aryl methyl sites for hydroxylation is 1. The molecule has 0 radical (unpaired) electrons. The molecule has 2 unspecified atom stereocenters. The number of carbonyl (C=O) groups excluding carboxylic acids is 1. The Kier molecular flexibility index (Phi) is 6.94. The Balaban J connectivity index is 1.27. The number of rotatable bonds is 7. The van der Waals surface area contributed by atoms with Gasteiger partial charge in [-0.25, -0.2) is 13.1 Å². The van der Waals surface area contributed by atoms with Crippen molar-refractivity contribution in [3.05, 3.63) is 65.5 Å². The normalized spacial score (nSPS) is 23.8. The maximum absolute atomic E-state index is 13.7. The van der Waals surface area contributed by atoms with Gasteiger partial charge >= 0.3 is 0 Å². The molecule has 8 nitrogen and oxygen atoms in total. The van der Waals surface area contributed by atoms with Crippen LogP contribution in [0.3, 0.4) is 0 Å². The zero-order valence-electron chi connectivity index (χ0n) is 20.7. The van der Waals surface area contributed by atoms with Crippen LogP contribution in [0.1, 0.15) is 48.2 Å². The van der Waals surface area contributed by atoms with Crippen molar-refractivity contribution in [3.8, 4) is 11.1 Å². The fraction of sp³-hybridized carbons (Fsp3) is 0.444. The molecular formula is C27H32N4O4S. The molecule has 1 N–H and O–H groups in total. The Hall–Kier alpha value is -3.04. The first kappa shape index (κ1) is 24.6. The molecule has 0 spiro atoms. The van der Waals surface area contributed by atoms with E-state index in [1.165, 1.54) is 0 Å². The van der Waals surface area contributed by atoms with Gasteiger partial charge in [0, 0.05) is 55.0 Å². The summed E-state index contributed by atoms with van der Waals surface area (Å²) >= 11 is 0. The lowest BCUT2D eigenvalue weighted by molar-refractivity contribution is 0.0826. The van der Waals surface area contributed by atoms with Crippen molar-refractivity contribution in [2.75, 3.05) is 19.4 Å². The van der Waals surface area contributed by atoms with Crippen LogP contribution in [0.5, 0.6) is 0 Å². The SMILES string of the molecule is COC1=CC=C(CNS(=O)(=O)CC2CCC3C=Cc4ncc(-c5cnn(C)c5)cc4C(=O)[C@H]3C2)CC1. The van der Waals surface area contributed by atoms with Gasteiger partial charge in [-0.05, 0) is 55.7 Å². The van der Waals surface area contributed by atoms with E-state index in [2.05, 4.69) is 20.9 Å². The number of ether oxygens (including phenoxy) is 1. The van der Waals surface area contributed by atoms with E-state index in [1.54, 1.807) is 24.2 Å². The minimum atomic E-state index is -3.46. The number of Topliss-reactive ketones (excluding diaryl/α,β-unsaturated/α-hetero) is 1. The highest BCUT2D eigenvalue weighted by Crippen LogP contribution is 2.40. The highest BCUT2D eigenvalue weighted by molar-refractivity contribution is 7.89. The van der Waals surface area contributed by atoms with Crippen LogP contribution < -0.4 is 4.72 Å². The van der Waals surface area contributed by atoms with Crippen molar-refractivity contribution in [1.82, 2.24) is 19.5 Å². The minimum Gasteiger partial charge on any atom is -0.501 e. The van der Waals surface area contributed by atoms with E-state index in [9.17, 15) is 13.2 Å². The monoisotopic (exact) mass is 508 g/mol. The summed E-state index contributed by atoms with van der Waals surface area (Å²) < 4.78 is 35.5. The summed E-state index contributed by atoms with van der Waals surface area (Å²) in [6, 6.07) is 1.90. The Labute approximate surface area is 212 Å². The lowest BCUT2D eigenvalue weighted by atomic mass is 9.72. The topological polar surface area (TPSA) is 103 Å². The number of sulfonamides is 1. The third kappa shape index (κ3) is 5.37. The molecule has 1 saturated carbocycles. The number of hydrogen-bond acceptors (Lipinski definition) is 6. The first-order chi connectivity index (χ1) is 17.3. The number of ketones is 1. The van der Waals surface area contributed by atoms with E-state index in [0.29, 0.717) is 24.2 Å². The fourth-order valence-electron chi connectivity index (χ4n) is 5.46. The van der Waals surface area contributed by atoms with Gasteiger partial charge in [-0.1, -0.05) is 17.7 Å². The number of allylic oxidation sites excluding steroid dienone is 4. The zero-order chi connectivity index (χ0) is 25.3. The van der Waals surface area contributed by atoms with Gasteiger partial charge in [0.2, 0.25) is 10.0 Å². The van der Waals surface area contributed by atoms with E-state index >= 15 is 0 Å². The molecular weight excluding hydrogens is 476 g/mol. The van der Waals surface area contributed by atoms with Crippen LogP contribution >= 0.6 is 0 Å². The largest absolute Gasteiger partial charge is 0.501 e. The standard InChI is InChI=1S/C27H32N4O4S/c1-31-16-22(15-29-31)21-12-25-26(28-14-21)10-7-20-6-3-19(11-24(20)27(25)32)17-36(33,34)30-13-18-4-8-23(35-2)9-5-18/h4,7-8,10,12,14-16,19-20,24,30H,3,5-6,9,11,13,17H2,1-2H3/t19?,20?,24-/m0/s1.